The van der Waals surface area contributed by atoms with Crippen molar-refractivity contribution in [3.63, 3.8) is 0 Å². The zero-order valence-corrected chi connectivity index (χ0v) is 10.7. The average Bonchev–Trinajstić information content (AvgIpc) is 2.79. The number of sulfonamides is 1. The molecule has 2 N–H and O–H groups in total. The van der Waals surface area contributed by atoms with Crippen molar-refractivity contribution in [1.82, 2.24) is 4.72 Å². The second-order valence-electron chi connectivity index (χ2n) is 4.37. The minimum Gasteiger partial charge on any atom is -0.396 e. The highest BCUT2D eigenvalue weighted by molar-refractivity contribution is 7.89. The molecule has 0 bridgehead atoms. The third kappa shape index (κ3) is 3.17. The Morgan fingerprint density at radius 1 is 1.26 bits per heavy atom. The van der Waals surface area contributed by atoms with Crippen molar-refractivity contribution in [2.45, 2.75) is 17.4 Å². The zero-order valence-electron chi connectivity index (χ0n) is 9.88. The molecule has 2 rings (SSSR count). The van der Waals surface area contributed by atoms with Crippen molar-refractivity contribution < 1.29 is 22.3 Å². The van der Waals surface area contributed by atoms with E-state index in [1.807, 2.05) is 0 Å². The molecule has 0 saturated heterocycles. The first kappa shape index (κ1) is 14.1. The van der Waals surface area contributed by atoms with Gasteiger partial charge in [-0.05, 0) is 24.6 Å². The van der Waals surface area contributed by atoms with Gasteiger partial charge < -0.3 is 5.11 Å². The van der Waals surface area contributed by atoms with Gasteiger partial charge in [-0.3, -0.25) is 0 Å². The molecule has 0 amide bonds. The molecule has 0 heterocycles. The van der Waals surface area contributed by atoms with Crippen molar-refractivity contribution in [2.75, 3.05) is 6.61 Å². The molecule has 0 fully saturated rings. The van der Waals surface area contributed by atoms with Crippen LogP contribution in [0.2, 0.25) is 0 Å². The van der Waals surface area contributed by atoms with Crippen molar-refractivity contribution in [3.05, 3.63) is 42.0 Å². The molecule has 7 heteroatoms. The normalized spacial score (nSPS) is 22.9. The van der Waals surface area contributed by atoms with Crippen LogP contribution in [0.25, 0.3) is 0 Å². The summed E-state index contributed by atoms with van der Waals surface area (Å²) in [5.74, 6) is -2.39. The van der Waals surface area contributed by atoms with E-state index in [0.717, 1.165) is 12.1 Å². The summed E-state index contributed by atoms with van der Waals surface area (Å²) in [5, 5.41) is 8.95. The highest BCUT2D eigenvalue weighted by Crippen LogP contribution is 2.20. The fraction of sp³-hybridized carbons (Fsp3) is 0.333. The van der Waals surface area contributed by atoms with Crippen molar-refractivity contribution in [2.24, 2.45) is 5.92 Å². The molecule has 1 aromatic rings. The summed E-state index contributed by atoms with van der Waals surface area (Å²) in [6, 6.07) is 1.96. The van der Waals surface area contributed by atoms with E-state index in [1.54, 1.807) is 12.2 Å². The molecule has 0 unspecified atom stereocenters. The van der Waals surface area contributed by atoms with Crippen LogP contribution in [0.4, 0.5) is 8.78 Å². The van der Waals surface area contributed by atoms with Gasteiger partial charge in [-0.1, -0.05) is 12.2 Å². The number of aliphatic hydroxyl groups excluding tert-OH is 1. The largest absolute Gasteiger partial charge is 0.396 e. The van der Waals surface area contributed by atoms with Crippen LogP contribution >= 0.6 is 0 Å². The van der Waals surface area contributed by atoms with Gasteiger partial charge in [0, 0.05) is 18.6 Å². The standard InChI is InChI=1S/C12H13F2NO3S/c13-11-4-3-10(6-12(11)14)19(17,18)15-9-2-1-8(5-9)7-16/h1-4,6,8-9,15-16H,5,7H2/t8-,9+/m0/s1. The summed E-state index contributed by atoms with van der Waals surface area (Å²) in [4.78, 5) is -0.327. The Bertz CT molecular complexity index is 601. The molecule has 19 heavy (non-hydrogen) atoms. The minimum absolute atomic E-state index is 0.0557. The predicted octanol–water partition coefficient (Wildman–Crippen LogP) is 1.18. The Morgan fingerprint density at radius 3 is 2.58 bits per heavy atom. The Kier molecular flexibility index (Phi) is 3.98. The number of hydrogen-bond acceptors (Lipinski definition) is 3. The van der Waals surface area contributed by atoms with Gasteiger partial charge in [-0.25, -0.2) is 21.9 Å². The molecule has 104 valence electrons. The first-order valence-corrected chi connectivity index (χ1v) is 7.17. The molecule has 1 aliphatic carbocycles. The lowest BCUT2D eigenvalue weighted by Crippen LogP contribution is -2.33. The maximum atomic E-state index is 13.0. The fourth-order valence-corrected chi connectivity index (χ4v) is 3.12. The quantitative estimate of drug-likeness (QED) is 0.818. The van der Waals surface area contributed by atoms with E-state index in [4.69, 9.17) is 5.11 Å². The van der Waals surface area contributed by atoms with Gasteiger partial charge in [0.15, 0.2) is 11.6 Å². The van der Waals surface area contributed by atoms with Crippen LogP contribution in [0.1, 0.15) is 6.42 Å². The molecule has 0 aromatic heterocycles. The molecule has 0 spiro atoms. The Balaban J connectivity index is 2.15. The summed E-state index contributed by atoms with van der Waals surface area (Å²) >= 11 is 0. The van der Waals surface area contributed by atoms with Gasteiger partial charge in [-0.15, -0.1) is 0 Å². The van der Waals surface area contributed by atoms with Gasteiger partial charge in [-0.2, -0.15) is 0 Å². The Morgan fingerprint density at radius 2 is 2.00 bits per heavy atom. The van der Waals surface area contributed by atoms with E-state index in [-0.39, 0.29) is 17.4 Å². The SMILES string of the molecule is O=S(=O)(N[C@@H]1C=C[C@H](CO)C1)c1ccc(F)c(F)c1. The summed E-state index contributed by atoms with van der Waals surface area (Å²) in [5.41, 5.74) is 0. The van der Waals surface area contributed by atoms with E-state index in [0.29, 0.717) is 12.5 Å². The lowest BCUT2D eigenvalue weighted by atomic mass is 10.1. The third-order valence-corrected chi connectivity index (χ3v) is 4.40. The van der Waals surface area contributed by atoms with Crippen LogP contribution in [-0.4, -0.2) is 26.2 Å². The van der Waals surface area contributed by atoms with Crippen LogP contribution < -0.4 is 4.72 Å². The maximum absolute atomic E-state index is 13.0. The van der Waals surface area contributed by atoms with E-state index in [2.05, 4.69) is 4.72 Å². The predicted molar refractivity (Wildman–Crippen MR) is 64.8 cm³/mol. The first-order valence-electron chi connectivity index (χ1n) is 5.69. The number of benzene rings is 1. The van der Waals surface area contributed by atoms with Crippen LogP contribution in [0.15, 0.2) is 35.2 Å². The highest BCUT2D eigenvalue weighted by Gasteiger charge is 2.24. The molecular formula is C12H13F2NO3S. The van der Waals surface area contributed by atoms with E-state index in [9.17, 15) is 17.2 Å². The van der Waals surface area contributed by atoms with Gasteiger partial charge in [0.1, 0.15) is 0 Å². The molecule has 0 radical (unpaired) electrons. The monoisotopic (exact) mass is 289 g/mol. The van der Waals surface area contributed by atoms with Crippen LogP contribution in [0.5, 0.6) is 0 Å². The molecule has 1 aromatic carbocycles. The molecule has 4 nitrogen and oxygen atoms in total. The molecule has 2 atom stereocenters. The lowest BCUT2D eigenvalue weighted by Gasteiger charge is -2.13. The van der Waals surface area contributed by atoms with Crippen LogP contribution in [0.3, 0.4) is 0 Å². The van der Waals surface area contributed by atoms with Crippen LogP contribution in [0, 0.1) is 17.6 Å². The molecular weight excluding hydrogens is 276 g/mol. The number of nitrogens with one attached hydrogen (secondary N) is 1. The number of halogens is 2. The van der Waals surface area contributed by atoms with Gasteiger partial charge in [0.05, 0.1) is 4.90 Å². The Hall–Kier alpha value is -1.31. The van der Waals surface area contributed by atoms with E-state index >= 15 is 0 Å². The van der Waals surface area contributed by atoms with E-state index in [1.165, 1.54) is 0 Å². The summed E-state index contributed by atoms with van der Waals surface area (Å²) in [6.45, 7) is -0.0557. The Labute approximate surface area is 109 Å². The minimum atomic E-state index is -3.90. The van der Waals surface area contributed by atoms with Gasteiger partial charge in [0.2, 0.25) is 10.0 Å². The fourth-order valence-electron chi connectivity index (χ4n) is 1.91. The van der Waals surface area contributed by atoms with Gasteiger partial charge in [0.25, 0.3) is 0 Å². The second-order valence-corrected chi connectivity index (χ2v) is 6.08. The summed E-state index contributed by atoms with van der Waals surface area (Å²) in [7, 11) is -3.90. The van der Waals surface area contributed by atoms with Crippen molar-refractivity contribution in [3.8, 4) is 0 Å². The summed E-state index contributed by atoms with van der Waals surface area (Å²) in [6.07, 6.45) is 3.80. The average molecular weight is 289 g/mol. The van der Waals surface area contributed by atoms with Crippen molar-refractivity contribution in [1.29, 1.82) is 0 Å². The van der Waals surface area contributed by atoms with Gasteiger partial charge >= 0.3 is 0 Å². The lowest BCUT2D eigenvalue weighted by molar-refractivity contribution is 0.248. The second kappa shape index (κ2) is 5.36. The highest BCUT2D eigenvalue weighted by atomic mass is 32.2. The topological polar surface area (TPSA) is 66.4 Å². The zero-order chi connectivity index (χ0) is 14.0. The number of rotatable bonds is 4. The summed E-state index contributed by atoms with van der Waals surface area (Å²) < 4.78 is 52.1. The van der Waals surface area contributed by atoms with Crippen LogP contribution in [-0.2, 0) is 10.0 Å². The molecule has 1 aliphatic rings. The van der Waals surface area contributed by atoms with E-state index < -0.39 is 27.7 Å². The first-order chi connectivity index (χ1) is 8.92. The third-order valence-electron chi connectivity index (χ3n) is 2.91. The van der Waals surface area contributed by atoms with Crippen molar-refractivity contribution >= 4 is 10.0 Å². The number of aliphatic hydroxyl groups is 1. The molecule has 0 aliphatic heterocycles. The number of hydrogen-bond donors (Lipinski definition) is 2. The maximum Gasteiger partial charge on any atom is 0.241 e. The smallest absolute Gasteiger partial charge is 0.241 e. The molecule has 0 saturated carbocycles.